The van der Waals surface area contributed by atoms with Crippen LogP contribution in [0.4, 0.5) is 0 Å². The number of rotatable bonds is 7. The van der Waals surface area contributed by atoms with E-state index in [0.717, 1.165) is 23.5 Å². The van der Waals surface area contributed by atoms with Gasteiger partial charge in [0.2, 0.25) is 0 Å². The van der Waals surface area contributed by atoms with E-state index < -0.39 is 5.97 Å². The van der Waals surface area contributed by atoms with Crippen molar-refractivity contribution in [2.24, 2.45) is 5.73 Å². The molecule has 0 bridgehead atoms. The first kappa shape index (κ1) is 24.7. The smallest absolute Gasteiger partial charge is 0.336 e. The lowest BCUT2D eigenvalue weighted by atomic mass is 10.0. The molecule has 4 aromatic rings. The van der Waals surface area contributed by atoms with Crippen LogP contribution in [0.25, 0.3) is 22.2 Å². The maximum Gasteiger partial charge on any atom is 0.336 e. The van der Waals surface area contributed by atoms with E-state index in [-0.39, 0.29) is 11.7 Å². The van der Waals surface area contributed by atoms with E-state index in [9.17, 15) is 9.90 Å². The molecule has 34 heavy (non-hydrogen) atoms. The zero-order valence-electron chi connectivity index (χ0n) is 19.7. The summed E-state index contributed by atoms with van der Waals surface area (Å²) in [6.07, 6.45) is 1.04. The summed E-state index contributed by atoms with van der Waals surface area (Å²) in [4.78, 5) is 16.1. The maximum absolute atomic E-state index is 11.5. The number of pyridine rings is 1. The van der Waals surface area contributed by atoms with E-state index in [0.29, 0.717) is 23.1 Å². The summed E-state index contributed by atoms with van der Waals surface area (Å²) in [5, 5.41) is 10.1. The summed E-state index contributed by atoms with van der Waals surface area (Å²) in [5.74, 6) is 0.721. The molecule has 6 heteroatoms. The number of methoxy groups -OCH3 is 1. The van der Waals surface area contributed by atoms with Crippen LogP contribution in [0, 0.1) is 0 Å². The molecular weight excluding hydrogens is 428 g/mol. The number of ether oxygens (including phenoxy) is 2. The molecule has 6 nitrogen and oxygen atoms in total. The molecule has 176 valence electrons. The van der Waals surface area contributed by atoms with Crippen molar-refractivity contribution in [3.05, 3.63) is 90.0 Å². The second-order valence-electron chi connectivity index (χ2n) is 7.96. The predicted molar refractivity (Wildman–Crippen MR) is 136 cm³/mol. The number of hydrogen-bond donors (Lipinski definition) is 2. The minimum Gasteiger partial charge on any atom is -0.497 e. The van der Waals surface area contributed by atoms with E-state index >= 15 is 0 Å². The van der Waals surface area contributed by atoms with E-state index in [1.165, 1.54) is 5.56 Å². The Hall–Kier alpha value is -3.90. The number of carbonyl (C=O) groups is 1. The Morgan fingerprint density at radius 1 is 0.971 bits per heavy atom. The fourth-order valence-electron chi connectivity index (χ4n) is 3.44. The molecule has 1 heterocycles. The average molecular weight is 459 g/mol. The lowest BCUT2D eigenvalue weighted by molar-refractivity contribution is 0.0699. The Bertz CT molecular complexity index is 1220. The molecule has 1 aromatic heterocycles. The molecule has 0 aliphatic rings. The van der Waals surface area contributed by atoms with Crippen LogP contribution in [0.3, 0.4) is 0 Å². The van der Waals surface area contributed by atoms with Gasteiger partial charge in [-0.15, -0.1) is 0 Å². The molecular formula is C28H30N2O4. The molecule has 3 N–H and O–H groups in total. The van der Waals surface area contributed by atoms with Gasteiger partial charge >= 0.3 is 5.97 Å². The highest BCUT2D eigenvalue weighted by molar-refractivity contribution is 6.03. The predicted octanol–water partition coefficient (Wildman–Crippen LogP) is 5.58. The lowest BCUT2D eigenvalue weighted by Crippen LogP contribution is -2.05. The van der Waals surface area contributed by atoms with Crippen molar-refractivity contribution in [2.75, 3.05) is 13.7 Å². The molecule has 0 atom stereocenters. The van der Waals surface area contributed by atoms with E-state index in [4.69, 9.17) is 15.2 Å². The van der Waals surface area contributed by atoms with Crippen molar-refractivity contribution < 1.29 is 19.4 Å². The van der Waals surface area contributed by atoms with Crippen LogP contribution in [0.2, 0.25) is 0 Å². The van der Waals surface area contributed by atoms with Gasteiger partial charge in [-0.2, -0.15) is 0 Å². The first-order chi connectivity index (χ1) is 16.4. The van der Waals surface area contributed by atoms with Gasteiger partial charge in [0, 0.05) is 10.9 Å². The number of hydrogen-bond acceptors (Lipinski definition) is 5. The number of aromatic carboxylic acids is 1. The maximum atomic E-state index is 11.5. The number of benzene rings is 3. The topological polar surface area (TPSA) is 94.7 Å². The van der Waals surface area contributed by atoms with E-state index in [1.54, 1.807) is 19.2 Å². The average Bonchev–Trinajstić information content (AvgIpc) is 2.84. The Kier molecular flexibility index (Phi) is 8.60. The summed E-state index contributed by atoms with van der Waals surface area (Å²) >= 11 is 0. The number of carboxylic acids is 1. The van der Waals surface area contributed by atoms with Gasteiger partial charge in [-0.1, -0.05) is 30.3 Å². The minimum atomic E-state index is -0.954. The second-order valence-corrected chi connectivity index (χ2v) is 7.96. The van der Waals surface area contributed by atoms with Crippen molar-refractivity contribution in [1.82, 2.24) is 4.98 Å². The lowest BCUT2D eigenvalue weighted by Gasteiger charge is -2.11. The Balaban J connectivity index is 0.000000248. The zero-order chi connectivity index (χ0) is 24.5. The van der Waals surface area contributed by atoms with Crippen LogP contribution in [-0.4, -0.2) is 35.8 Å². The van der Waals surface area contributed by atoms with Crippen molar-refractivity contribution in [1.29, 1.82) is 0 Å². The van der Waals surface area contributed by atoms with Crippen LogP contribution < -0.4 is 15.2 Å². The molecule has 0 saturated carbocycles. The molecule has 4 rings (SSSR count). The number of fused-ring (bicyclic) bond motifs is 1. The van der Waals surface area contributed by atoms with Gasteiger partial charge < -0.3 is 20.3 Å². The van der Waals surface area contributed by atoms with E-state index in [2.05, 4.69) is 4.98 Å². The normalized spacial score (nSPS) is 10.5. The molecule has 3 aromatic carbocycles. The Morgan fingerprint density at radius 2 is 1.62 bits per heavy atom. The van der Waals surface area contributed by atoms with Gasteiger partial charge in [-0.25, -0.2) is 9.78 Å². The van der Waals surface area contributed by atoms with Crippen molar-refractivity contribution in [2.45, 2.75) is 26.4 Å². The third-order valence-corrected chi connectivity index (χ3v) is 5.06. The minimum absolute atomic E-state index is 0.109. The third kappa shape index (κ3) is 6.56. The number of nitrogens with zero attached hydrogens (tertiary/aromatic N) is 1. The molecule has 0 aliphatic heterocycles. The number of para-hydroxylation sites is 1. The second kappa shape index (κ2) is 11.8. The number of aromatic nitrogens is 1. The quantitative estimate of drug-likeness (QED) is 0.375. The van der Waals surface area contributed by atoms with Crippen molar-refractivity contribution in [3.8, 4) is 22.8 Å². The van der Waals surface area contributed by atoms with E-state index in [1.807, 2.05) is 80.6 Å². The largest absolute Gasteiger partial charge is 0.497 e. The van der Waals surface area contributed by atoms with Crippen LogP contribution in [-0.2, 0) is 6.42 Å². The van der Waals surface area contributed by atoms with Crippen LogP contribution >= 0.6 is 0 Å². The van der Waals surface area contributed by atoms with Gasteiger partial charge in [-0.05, 0) is 80.9 Å². The first-order valence-corrected chi connectivity index (χ1v) is 11.1. The van der Waals surface area contributed by atoms with Crippen LogP contribution in [0.5, 0.6) is 11.5 Å². The molecule has 0 amide bonds. The first-order valence-electron chi connectivity index (χ1n) is 11.1. The Morgan fingerprint density at radius 3 is 2.21 bits per heavy atom. The summed E-state index contributed by atoms with van der Waals surface area (Å²) < 4.78 is 10.6. The highest BCUT2D eigenvalue weighted by Gasteiger charge is 2.12. The van der Waals surface area contributed by atoms with Gasteiger partial charge in [-0.3, -0.25) is 0 Å². The van der Waals surface area contributed by atoms with Crippen molar-refractivity contribution in [3.63, 3.8) is 0 Å². The molecule has 0 saturated heterocycles. The number of nitrogens with two attached hydrogens (primary N) is 1. The van der Waals surface area contributed by atoms with Crippen molar-refractivity contribution >= 4 is 16.9 Å². The summed E-state index contributed by atoms with van der Waals surface area (Å²) in [6, 6.07) is 24.4. The van der Waals surface area contributed by atoms with Gasteiger partial charge in [0.1, 0.15) is 11.5 Å². The molecule has 0 radical (unpaired) electrons. The van der Waals surface area contributed by atoms with Gasteiger partial charge in [0.15, 0.2) is 0 Å². The highest BCUT2D eigenvalue weighted by Crippen LogP contribution is 2.26. The fraction of sp³-hybridized carbons (Fsp3) is 0.214. The van der Waals surface area contributed by atoms with Gasteiger partial charge in [0.25, 0.3) is 0 Å². The Labute approximate surface area is 200 Å². The van der Waals surface area contributed by atoms with Gasteiger partial charge in [0.05, 0.1) is 30.0 Å². The third-order valence-electron chi connectivity index (χ3n) is 5.06. The molecule has 0 spiro atoms. The van der Waals surface area contributed by atoms with Crippen LogP contribution in [0.15, 0.2) is 78.9 Å². The standard InChI is InChI=1S/C19H17NO3.C9H13NO/c1-12(2)23-14-9-7-13(8-10-14)18-11-16(19(21)22)15-5-3-4-6-17(15)20-18;1-11-9-4-2-8(3-5-9)6-7-10/h3-12H,1-2H3,(H,21,22);2-5H,6-7,10H2,1H3. The molecule has 0 unspecified atom stereocenters. The SMILES string of the molecule is CC(C)Oc1ccc(-c2cc(C(=O)O)c3ccccc3n2)cc1.COc1ccc(CCN)cc1. The number of carboxylic acid groups (broad SMARTS) is 1. The molecule has 0 fully saturated rings. The summed E-state index contributed by atoms with van der Waals surface area (Å²) in [6.45, 7) is 4.64. The zero-order valence-corrected chi connectivity index (χ0v) is 19.7. The summed E-state index contributed by atoms with van der Waals surface area (Å²) in [5.41, 5.74) is 9.08. The van der Waals surface area contributed by atoms with Crippen LogP contribution in [0.1, 0.15) is 29.8 Å². The monoisotopic (exact) mass is 458 g/mol. The fourth-order valence-corrected chi connectivity index (χ4v) is 3.44. The summed E-state index contributed by atoms with van der Waals surface area (Å²) in [7, 11) is 1.66. The molecule has 0 aliphatic carbocycles. The highest BCUT2D eigenvalue weighted by atomic mass is 16.5.